The summed E-state index contributed by atoms with van der Waals surface area (Å²) < 4.78 is 0. The highest BCUT2D eigenvalue weighted by atomic mass is 35.5. The van der Waals surface area contributed by atoms with Gasteiger partial charge in [-0.15, -0.1) is 11.8 Å². The first-order valence-corrected chi connectivity index (χ1v) is 7.91. The molecule has 0 spiro atoms. The maximum Gasteiger partial charge on any atom is 0.0409 e. The monoisotopic (exact) mass is 291 g/mol. The van der Waals surface area contributed by atoms with E-state index >= 15 is 0 Å². The predicted molar refractivity (Wildman–Crippen MR) is 84.9 cm³/mol. The van der Waals surface area contributed by atoms with Gasteiger partial charge in [0.2, 0.25) is 0 Å². The van der Waals surface area contributed by atoms with Crippen molar-refractivity contribution in [2.24, 2.45) is 0 Å². The molecule has 19 heavy (non-hydrogen) atoms. The van der Waals surface area contributed by atoms with Gasteiger partial charge in [0.25, 0.3) is 0 Å². The van der Waals surface area contributed by atoms with Crippen LogP contribution in [0.15, 0.2) is 53.4 Å². The predicted octanol–water partition coefficient (Wildman–Crippen LogP) is 4.91. The summed E-state index contributed by atoms with van der Waals surface area (Å²) in [6, 6.07) is 16.9. The highest BCUT2D eigenvalue weighted by molar-refractivity contribution is 7.98. The highest BCUT2D eigenvalue weighted by Crippen LogP contribution is 2.18. The Hall–Kier alpha value is -0.960. The molecule has 1 nitrogen and oxygen atoms in total. The van der Waals surface area contributed by atoms with Crippen LogP contribution in [0.5, 0.6) is 0 Å². The van der Waals surface area contributed by atoms with Crippen molar-refractivity contribution in [2.75, 3.05) is 6.26 Å². The fourth-order valence-corrected chi connectivity index (χ4v) is 2.52. The quantitative estimate of drug-likeness (QED) is 0.785. The van der Waals surface area contributed by atoms with Gasteiger partial charge in [-0.05, 0) is 48.6 Å². The lowest BCUT2D eigenvalue weighted by atomic mass is 10.1. The van der Waals surface area contributed by atoms with Crippen LogP contribution in [0.1, 0.15) is 24.1 Å². The number of benzene rings is 2. The Balaban J connectivity index is 1.94. The van der Waals surface area contributed by atoms with Crippen LogP contribution in [0.4, 0.5) is 0 Å². The first-order valence-electron chi connectivity index (χ1n) is 6.31. The lowest BCUT2D eigenvalue weighted by Gasteiger charge is -2.14. The molecule has 0 heterocycles. The molecule has 1 atom stereocenters. The smallest absolute Gasteiger partial charge is 0.0409 e. The van der Waals surface area contributed by atoms with E-state index in [2.05, 4.69) is 48.8 Å². The maximum atomic E-state index is 6.01. The van der Waals surface area contributed by atoms with Crippen LogP contribution in [0.3, 0.4) is 0 Å². The molecule has 0 saturated heterocycles. The third kappa shape index (κ3) is 4.27. The van der Waals surface area contributed by atoms with Crippen LogP contribution in [0.2, 0.25) is 5.02 Å². The van der Waals surface area contributed by atoms with Gasteiger partial charge in [0, 0.05) is 22.5 Å². The molecule has 0 radical (unpaired) electrons. The molecule has 0 amide bonds. The van der Waals surface area contributed by atoms with Gasteiger partial charge in [-0.25, -0.2) is 0 Å². The molecule has 2 aromatic rings. The van der Waals surface area contributed by atoms with E-state index in [1.54, 1.807) is 11.8 Å². The van der Waals surface area contributed by atoms with Gasteiger partial charge in [0.05, 0.1) is 0 Å². The summed E-state index contributed by atoms with van der Waals surface area (Å²) in [7, 11) is 0. The van der Waals surface area contributed by atoms with Gasteiger partial charge in [-0.3, -0.25) is 0 Å². The molecule has 0 saturated carbocycles. The normalized spacial score (nSPS) is 12.4. The van der Waals surface area contributed by atoms with Gasteiger partial charge in [-0.1, -0.05) is 35.9 Å². The molecule has 0 aliphatic rings. The summed E-state index contributed by atoms with van der Waals surface area (Å²) in [4.78, 5) is 1.30. The largest absolute Gasteiger partial charge is 0.306 e. The molecule has 1 N–H and O–H groups in total. The van der Waals surface area contributed by atoms with Crippen molar-refractivity contribution in [1.29, 1.82) is 0 Å². The van der Waals surface area contributed by atoms with Gasteiger partial charge in [-0.2, -0.15) is 0 Å². The minimum Gasteiger partial charge on any atom is -0.306 e. The van der Waals surface area contributed by atoms with Gasteiger partial charge < -0.3 is 5.32 Å². The van der Waals surface area contributed by atoms with Crippen molar-refractivity contribution >= 4 is 23.4 Å². The van der Waals surface area contributed by atoms with Crippen LogP contribution in [0, 0.1) is 0 Å². The number of hydrogen-bond acceptors (Lipinski definition) is 2. The van der Waals surface area contributed by atoms with E-state index in [1.807, 2.05) is 18.2 Å². The lowest BCUT2D eigenvalue weighted by molar-refractivity contribution is 0.574. The summed E-state index contributed by atoms with van der Waals surface area (Å²) in [5, 5.41) is 4.30. The summed E-state index contributed by atoms with van der Waals surface area (Å²) in [6.07, 6.45) is 2.09. The molecule has 0 unspecified atom stereocenters. The molecule has 2 aromatic carbocycles. The highest BCUT2D eigenvalue weighted by Gasteiger charge is 2.05. The molecule has 0 fully saturated rings. The third-order valence-electron chi connectivity index (χ3n) is 3.12. The van der Waals surface area contributed by atoms with Crippen molar-refractivity contribution in [2.45, 2.75) is 24.4 Å². The Morgan fingerprint density at radius 3 is 2.53 bits per heavy atom. The van der Waals surface area contributed by atoms with Crippen LogP contribution >= 0.6 is 23.4 Å². The van der Waals surface area contributed by atoms with Crippen molar-refractivity contribution in [1.82, 2.24) is 5.32 Å². The second-order valence-corrected chi connectivity index (χ2v) is 5.82. The molecule has 0 bridgehead atoms. The standard InChI is InChI=1S/C16H18ClNS/c1-12(14-4-3-5-15(17)10-14)18-11-13-6-8-16(19-2)9-7-13/h3-10,12,18H,11H2,1-2H3/t12-/m1/s1. The first kappa shape index (κ1) is 14.4. The summed E-state index contributed by atoms with van der Waals surface area (Å²) in [5.74, 6) is 0. The number of rotatable bonds is 5. The van der Waals surface area contributed by atoms with Crippen LogP contribution < -0.4 is 5.32 Å². The fraction of sp³-hybridized carbons (Fsp3) is 0.250. The molecular formula is C16H18ClNS. The van der Waals surface area contributed by atoms with Crippen LogP contribution in [0.25, 0.3) is 0 Å². The number of nitrogens with one attached hydrogen (secondary N) is 1. The lowest BCUT2D eigenvalue weighted by Crippen LogP contribution is -2.17. The van der Waals surface area contributed by atoms with Crippen LogP contribution in [-0.2, 0) is 6.54 Å². The Bertz CT molecular complexity index is 525. The summed E-state index contributed by atoms with van der Waals surface area (Å²) in [5.41, 5.74) is 2.51. The Morgan fingerprint density at radius 1 is 1.16 bits per heavy atom. The van der Waals surface area contributed by atoms with Gasteiger partial charge in [0.1, 0.15) is 0 Å². The zero-order valence-electron chi connectivity index (χ0n) is 11.2. The van der Waals surface area contributed by atoms with Crippen molar-refractivity contribution < 1.29 is 0 Å². The van der Waals surface area contributed by atoms with Crippen molar-refractivity contribution in [3.8, 4) is 0 Å². The molecule has 0 aliphatic heterocycles. The van der Waals surface area contributed by atoms with Gasteiger partial charge in [0.15, 0.2) is 0 Å². The molecule has 100 valence electrons. The molecule has 2 rings (SSSR count). The fourth-order valence-electron chi connectivity index (χ4n) is 1.91. The maximum absolute atomic E-state index is 6.01. The topological polar surface area (TPSA) is 12.0 Å². The number of halogens is 1. The van der Waals surface area contributed by atoms with E-state index in [0.29, 0.717) is 6.04 Å². The average Bonchev–Trinajstić information content (AvgIpc) is 2.45. The Kier molecular flexibility index (Phi) is 5.32. The second kappa shape index (κ2) is 6.99. The molecule has 0 aliphatic carbocycles. The minimum atomic E-state index is 0.291. The third-order valence-corrected chi connectivity index (χ3v) is 4.10. The van der Waals surface area contributed by atoms with E-state index in [4.69, 9.17) is 11.6 Å². The zero-order valence-corrected chi connectivity index (χ0v) is 12.8. The minimum absolute atomic E-state index is 0.291. The number of hydrogen-bond donors (Lipinski definition) is 1. The Morgan fingerprint density at radius 2 is 1.89 bits per heavy atom. The van der Waals surface area contributed by atoms with E-state index in [1.165, 1.54) is 16.0 Å². The first-order chi connectivity index (χ1) is 9.19. The SMILES string of the molecule is CSc1ccc(CN[C@H](C)c2cccc(Cl)c2)cc1. The molecule has 0 aromatic heterocycles. The van der Waals surface area contributed by atoms with Crippen LogP contribution in [-0.4, -0.2) is 6.26 Å². The Labute approximate surface area is 124 Å². The van der Waals surface area contributed by atoms with Crippen molar-refractivity contribution in [3.63, 3.8) is 0 Å². The van der Waals surface area contributed by atoms with Gasteiger partial charge >= 0.3 is 0 Å². The van der Waals surface area contributed by atoms with E-state index in [-0.39, 0.29) is 0 Å². The van der Waals surface area contributed by atoms with Crippen molar-refractivity contribution in [3.05, 3.63) is 64.7 Å². The van der Waals surface area contributed by atoms with E-state index in [9.17, 15) is 0 Å². The zero-order chi connectivity index (χ0) is 13.7. The summed E-state index contributed by atoms with van der Waals surface area (Å²) >= 11 is 7.77. The second-order valence-electron chi connectivity index (χ2n) is 4.51. The molecular weight excluding hydrogens is 274 g/mol. The summed E-state index contributed by atoms with van der Waals surface area (Å²) in [6.45, 7) is 3.02. The average molecular weight is 292 g/mol. The molecule has 3 heteroatoms. The number of thioether (sulfide) groups is 1. The van der Waals surface area contributed by atoms with E-state index in [0.717, 1.165) is 11.6 Å². The van der Waals surface area contributed by atoms with E-state index < -0.39 is 0 Å².